The highest BCUT2D eigenvalue weighted by atomic mass is 79.9. The van der Waals surface area contributed by atoms with Crippen LogP contribution in [0.25, 0.3) is 5.69 Å². The fraction of sp³-hybridized carbons (Fsp3) is 0.312. The van der Waals surface area contributed by atoms with Gasteiger partial charge in [-0.15, -0.1) is 0 Å². The van der Waals surface area contributed by atoms with E-state index in [9.17, 15) is 9.59 Å². The number of amides is 1. The number of nitrogens with one attached hydrogen (secondary N) is 1. The zero-order chi connectivity index (χ0) is 17.1. The summed E-state index contributed by atoms with van der Waals surface area (Å²) in [5, 5.41) is 15.8. The normalized spacial score (nSPS) is 12.0. The molecule has 0 saturated carbocycles. The summed E-state index contributed by atoms with van der Waals surface area (Å²) in [6, 6.07) is 6.59. The number of aromatic nitrogens is 2. The van der Waals surface area contributed by atoms with Gasteiger partial charge in [-0.2, -0.15) is 5.10 Å². The Morgan fingerprint density at radius 2 is 1.91 bits per heavy atom. The number of rotatable bonds is 5. The zero-order valence-electron chi connectivity index (χ0n) is 13.1. The molecule has 0 saturated heterocycles. The number of carbonyl (C=O) groups is 2. The van der Waals surface area contributed by atoms with E-state index >= 15 is 0 Å². The lowest BCUT2D eigenvalue weighted by atomic mass is 10.1. The maximum Gasteiger partial charge on any atom is 0.305 e. The van der Waals surface area contributed by atoms with Gasteiger partial charge in [-0.05, 0) is 61.0 Å². The molecule has 2 aromatic rings. The van der Waals surface area contributed by atoms with Crippen molar-refractivity contribution in [2.45, 2.75) is 33.2 Å². The number of halogens is 1. The molecule has 1 unspecified atom stereocenters. The van der Waals surface area contributed by atoms with Crippen LogP contribution in [-0.2, 0) is 4.79 Å². The molecular weight excluding hydrogens is 362 g/mol. The minimum absolute atomic E-state index is 0.108. The van der Waals surface area contributed by atoms with Gasteiger partial charge in [0, 0.05) is 11.6 Å². The van der Waals surface area contributed by atoms with E-state index in [0.717, 1.165) is 21.5 Å². The van der Waals surface area contributed by atoms with Gasteiger partial charge in [0.1, 0.15) is 0 Å². The lowest BCUT2D eigenvalue weighted by Gasteiger charge is -2.12. The molecule has 122 valence electrons. The van der Waals surface area contributed by atoms with Gasteiger partial charge in [-0.25, -0.2) is 4.68 Å². The van der Waals surface area contributed by atoms with E-state index in [1.54, 1.807) is 23.7 Å². The second kappa shape index (κ2) is 6.95. The van der Waals surface area contributed by atoms with Crippen molar-refractivity contribution >= 4 is 27.8 Å². The quantitative estimate of drug-likeness (QED) is 0.836. The summed E-state index contributed by atoms with van der Waals surface area (Å²) in [5.74, 6) is -1.23. The molecule has 6 nitrogen and oxygen atoms in total. The largest absolute Gasteiger partial charge is 0.481 e. The summed E-state index contributed by atoms with van der Waals surface area (Å²) in [6.45, 7) is 5.53. The molecule has 23 heavy (non-hydrogen) atoms. The molecular formula is C16H18BrN3O3. The average molecular weight is 380 g/mol. The molecule has 0 radical (unpaired) electrons. The van der Waals surface area contributed by atoms with Gasteiger partial charge in [0.05, 0.1) is 28.0 Å². The first-order chi connectivity index (χ1) is 10.8. The molecule has 7 heteroatoms. The van der Waals surface area contributed by atoms with Gasteiger partial charge >= 0.3 is 5.97 Å². The van der Waals surface area contributed by atoms with Crippen LogP contribution in [0.3, 0.4) is 0 Å². The van der Waals surface area contributed by atoms with Crippen LogP contribution in [0.5, 0.6) is 0 Å². The third-order valence-corrected chi connectivity index (χ3v) is 4.58. The van der Waals surface area contributed by atoms with Crippen molar-refractivity contribution in [1.82, 2.24) is 15.1 Å². The Morgan fingerprint density at radius 1 is 1.30 bits per heavy atom. The molecule has 0 bridgehead atoms. The fourth-order valence-electron chi connectivity index (χ4n) is 2.25. The van der Waals surface area contributed by atoms with Crippen LogP contribution in [0.15, 0.2) is 28.7 Å². The lowest BCUT2D eigenvalue weighted by molar-refractivity contribution is -0.137. The molecule has 2 rings (SSSR count). The molecule has 0 fully saturated rings. The van der Waals surface area contributed by atoms with Crippen LogP contribution >= 0.6 is 15.9 Å². The summed E-state index contributed by atoms with van der Waals surface area (Å²) >= 11 is 3.49. The molecule has 1 aromatic heterocycles. The molecule has 0 spiro atoms. The lowest BCUT2D eigenvalue weighted by Crippen LogP contribution is -2.34. The third-order valence-electron chi connectivity index (χ3n) is 3.44. The van der Waals surface area contributed by atoms with E-state index in [0.29, 0.717) is 5.56 Å². The van der Waals surface area contributed by atoms with Crippen LogP contribution in [0, 0.1) is 13.8 Å². The highest BCUT2D eigenvalue weighted by Gasteiger charge is 2.14. The molecule has 0 aliphatic carbocycles. The summed E-state index contributed by atoms with van der Waals surface area (Å²) in [4.78, 5) is 22.7. The van der Waals surface area contributed by atoms with E-state index in [1.807, 2.05) is 26.0 Å². The molecule has 1 atom stereocenters. The third kappa shape index (κ3) is 3.98. The minimum atomic E-state index is -0.941. The van der Waals surface area contributed by atoms with Gasteiger partial charge in [0.2, 0.25) is 0 Å². The highest BCUT2D eigenvalue weighted by molar-refractivity contribution is 9.10. The van der Waals surface area contributed by atoms with Crippen LogP contribution in [0.1, 0.15) is 35.1 Å². The van der Waals surface area contributed by atoms with Crippen molar-refractivity contribution in [3.05, 3.63) is 45.7 Å². The van der Waals surface area contributed by atoms with Crippen molar-refractivity contribution in [3.63, 3.8) is 0 Å². The standard InChI is InChI=1S/C16H18BrN3O3/c1-9(8-14(21)22)18-16(23)12-4-6-13(7-5-12)20-11(3)15(17)10(2)19-20/h4-7,9H,8H2,1-3H3,(H,18,23)(H,21,22). The molecule has 1 amide bonds. The number of hydrogen-bond acceptors (Lipinski definition) is 3. The SMILES string of the molecule is Cc1nn(-c2ccc(C(=O)NC(C)CC(=O)O)cc2)c(C)c1Br. The van der Waals surface area contributed by atoms with Gasteiger partial charge in [-0.1, -0.05) is 0 Å². The Bertz CT molecular complexity index is 738. The van der Waals surface area contributed by atoms with E-state index in [2.05, 4.69) is 26.3 Å². The molecule has 0 aliphatic heterocycles. The predicted octanol–water partition coefficient (Wildman–Crippen LogP) is 2.84. The number of hydrogen-bond donors (Lipinski definition) is 2. The van der Waals surface area contributed by atoms with Crippen LogP contribution < -0.4 is 5.32 Å². The topological polar surface area (TPSA) is 84.2 Å². The summed E-state index contributed by atoms with van der Waals surface area (Å²) < 4.78 is 2.76. The first-order valence-corrected chi connectivity index (χ1v) is 7.93. The average Bonchev–Trinajstić information content (AvgIpc) is 2.74. The van der Waals surface area contributed by atoms with Gasteiger partial charge < -0.3 is 10.4 Å². The van der Waals surface area contributed by atoms with Crippen molar-refractivity contribution in [1.29, 1.82) is 0 Å². The number of aliphatic carboxylic acids is 1. The van der Waals surface area contributed by atoms with Crippen LogP contribution in [-0.4, -0.2) is 32.8 Å². The zero-order valence-corrected chi connectivity index (χ0v) is 14.7. The summed E-state index contributed by atoms with van der Waals surface area (Å²) in [5.41, 5.74) is 3.21. The Morgan fingerprint density at radius 3 is 2.39 bits per heavy atom. The van der Waals surface area contributed by atoms with Crippen molar-refractivity contribution in [3.8, 4) is 5.69 Å². The van der Waals surface area contributed by atoms with Crippen LogP contribution in [0.4, 0.5) is 0 Å². The Balaban J connectivity index is 2.14. The molecule has 2 N–H and O–H groups in total. The van der Waals surface area contributed by atoms with Gasteiger partial charge in [0.25, 0.3) is 5.91 Å². The minimum Gasteiger partial charge on any atom is -0.481 e. The van der Waals surface area contributed by atoms with E-state index in [1.165, 1.54) is 0 Å². The number of aryl methyl sites for hydroxylation is 1. The van der Waals surface area contributed by atoms with Crippen molar-refractivity contribution in [2.75, 3.05) is 0 Å². The molecule has 1 heterocycles. The maximum absolute atomic E-state index is 12.1. The fourth-order valence-corrected chi connectivity index (χ4v) is 2.50. The highest BCUT2D eigenvalue weighted by Crippen LogP contribution is 2.23. The van der Waals surface area contributed by atoms with Crippen LogP contribution in [0.2, 0.25) is 0 Å². The van der Waals surface area contributed by atoms with Crippen molar-refractivity contribution in [2.24, 2.45) is 0 Å². The Hall–Kier alpha value is -2.15. The number of carbonyl (C=O) groups excluding carboxylic acids is 1. The first kappa shape index (κ1) is 17.2. The molecule has 0 aliphatic rings. The first-order valence-electron chi connectivity index (χ1n) is 7.14. The number of nitrogens with zero attached hydrogens (tertiary/aromatic N) is 2. The number of carboxylic acid groups (broad SMARTS) is 1. The summed E-state index contributed by atoms with van der Waals surface area (Å²) in [7, 11) is 0. The Kier molecular flexibility index (Phi) is 5.20. The second-order valence-electron chi connectivity index (χ2n) is 5.42. The predicted molar refractivity (Wildman–Crippen MR) is 89.9 cm³/mol. The second-order valence-corrected chi connectivity index (χ2v) is 6.21. The maximum atomic E-state index is 12.1. The summed E-state index contributed by atoms with van der Waals surface area (Å²) in [6.07, 6.45) is -0.108. The van der Waals surface area contributed by atoms with Gasteiger partial charge in [-0.3, -0.25) is 9.59 Å². The van der Waals surface area contributed by atoms with E-state index < -0.39 is 12.0 Å². The van der Waals surface area contributed by atoms with E-state index in [4.69, 9.17) is 5.11 Å². The number of carboxylic acids is 1. The monoisotopic (exact) mass is 379 g/mol. The molecule has 1 aromatic carbocycles. The number of benzene rings is 1. The smallest absolute Gasteiger partial charge is 0.305 e. The van der Waals surface area contributed by atoms with Gasteiger partial charge in [0.15, 0.2) is 0 Å². The van der Waals surface area contributed by atoms with Crippen molar-refractivity contribution < 1.29 is 14.7 Å². The Labute approximate surface area is 142 Å². The van der Waals surface area contributed by atoms with E-state index in [-0.39, 0.29) is 12.3 Å².